The van der Waals surface area contributed by atoms with Gasteiger partial charge in [0.05, 0.1) is 25.0 Å². The van der Waals surface area contributed by atoms with Crippen molar-refractivity contribution in [3.63, 3.8) is 0 Å². The summed E-state index contributed by atoms with van der Waals surface area (Å²) in [5, 5.41) is 8.65. The number of nitrogens with one attached hydrogen (secondary N) is 1. The smallest absolute Gasteiger partial charge is 0.161 e. The Hall–Kier alpha value is -1.01. The minimum Gasteiger partial charge on any atom is -0.383 e. The molecule has 0 unspecified atom stereocenters. The highest BCUT2D eigenvalue weighted by Crippen LogP contribution is 2.35. The van der Waals surface area contributed by atoms with Gasteiger partial charge in [0, 0.05) is 25.6 Å². The zero-order chi connectivity index (χ0) is 14.4. The van der Waals surface area contributed by atoms with Gasteiger partial charge in [-0.05, 0) is 18.3 Å². The van der Waals surface area contributed by atoms with E-state index in [0.717, 1.165) is 29.7 Å². The van der Waals surface area contributed by atoms with E-state index in [9.17, 15) is 0 Å². The molecule has 0 aliphatic carbocycles. The van der Waals surface area contributed by atoms with Crippen LogP contribution < -0.4 is 5.32 Å². The maximum absolute atomic E-state index is 5.04. The summed E-state index contributed by atoms with van der Waals surface area (Å²) in [6.45, 7) is 6.89. The molecule has 1 aromatic heterocycles. The summed E-state index contributed by atoms with van der Waals surface area (Å²) in [4.78, 5) is 4.70. The Kier molecular flexibility index (Phi) is 5.48. The third kappa shape index (κ3) is 3.76. The van der Waals surface area contributed by atoms with Crippen molar-refractivity contribution in [1.82, 2.24) is 9.78 Å². The molecule has 1 aromatic rings. The molecule has 0 spiro atoms. The molecule has 0 bridgehead atoms. The molecule has 20 heavy (non-hydrogen) atoms. The van der Waals surface area contributed by atoms with Crippen LogP contribution in [0.5, 0.6) is 0 Å². The third-order valence-corrected chi connectivity index (χ3v) is 5.24. The summed E-state index contributed by atoms with van der Waals surface area (Å²) in [5.41, 5.74) is 1.38. The summed E-state index contributed by atoms with van der Waals surface area (Å²) < 4.78 is 6.92. The summed E-state index contributed by atoms with van der Waals surface area (Å²) in [6.07, 6.45) is 6.22. The fourth-order valence-corrected chi connectivity index (χ4v) is 3.45. The number of thioether (sulfide) groups is 1. The number of hydrogen-bond acceptors (Lipinski definition) is 5. The van der Waals surface area contributed by atoms with E-state index in [1.807, 2.05) is 28.8 Å². The number of anilines is 1. The van der Waals surface area contributed by atoms with Crippen molar-refractivity contribution in [2.24, 2.45) is 10.4 Å². The molecule has 0 atom stereocenters. The van der Waals surface area contributed by atoms with Crippen molar-refractivity contribution in [1.29, 1.82) is 0 Å². The van der Waals surface area contributed by atoms with E-state index >= 15 is 0 Å². The van der Waals surface area contributed by atoms with Crippen LogP contribution in [0, 0.1) is 5.41 Å². The quantitative estimate of drug-likeness (QED) is 0.877. The summed E-state index contributed by atoms with van der Waals surface area (Å²) >= 11 is 1.82. The lowest BCUT2D eigenvalue weighted by Gasteiger charge is -2.33. The average molecular weight is 296 g/mol. The van der Waals surface area contributed by atoms with E-state index in [2.05, 4.69) is 24.3 Å². The first-order chi connectivity index (χ1) is 9.71. The van der Waals surface area contributed by atoms with Crippen LogP contribution >= 0.6 is 11.8 Å². The van der Waals surface area contributed by atoms with Gasteiger partial charge in [-0.25, -0.2) is 0 Å². The monoisotopic (exact) mass is 296 g/mol. The molecule has 0 aromatic carbocycles. The number of aromatic nitrogens is 2. The molecule has 1 N–H and O–H groups in total. The van der Waals surface area contributed by atoms with Crippen LogP contribution in [-0.2, 0) is 11.3 Å². The standard InChI is InChI=1S/C14H24N4OS/c1-4-14(5-2)10-15-13(20-11-14)17-12-8-16-18(9-12)6-7-19-3/h8-9H,4-7,10-11H2,1-3H3,(H,15,17). The van der Waals surface area contributed by atoms with Crippen molar-refractivity contribution < 1.29 is 4.74 Å². The van der Waals surface area contributed by atoms with Gasteiger partial charge in [-0.3, -0.25) is 9.67 Å². The second-order valence-corrected chi connectivity index (χ2v) is 6.19. The lowest BCUT2D eigenvalue weighted by Crippen LogP contribution is -2.32. The molecule has 0 saturated carbocycles. The number of methoxy groups -OCH3 is 1. The second-order valence-electron chi connectivity index (χ2n) is 5.23. The molecule has 2 rings (SSSR count). The van der Waals surface area contributed by atoms with Crippen LogP contribution in [0.15, 0.2) is 17.4 Å². The molecule has 2 heterocycles. The fraction of sp³-hybridized carbons (Fsp3) is 0.714. The van der Waals surface area contributed by atoms with E-state index in [1.54, 1.807) is 7.11 Å². The van der Waals surface area contributed by atoms with Gasteiger partial charge in [-0.15, -0.1) is 0 Å². The largest absolute Gasteiger partial charge is 0.383 e. The first kappa shape index (κ1) is 15.4. The molecular formula is C14H24N4OS. The number of rotatable bonds is 6. The Bertz CT molecular complexity index is 454. The normalized spacial score (nSPS) is 17.9. The molecule has 112 valence electrons. The highest BCUT2D eigenvalue weighted by molar-refractivity contribution is 8.14. The van der Waals surface area contributed by atoms with Crippen LogP contribution in [-0.4, -0.2) is 41.0 Å². The van der Waals surface area contributed by atoms with Gasteiger partial charge in [0.15, 0.2) is 5.17 Å². The van der Waals surface area contributed by atoms with Gasteiger partial charge in [-0.1, -0.05) is 25.6 Å². The molecule has 0 fully saturated rings. The Labute approximate surface area is 125 Å². The Morgan fingerprint density at radius 2 is 2.25 bits per heavy atom. The van der Waals surface area contributed by atoms with Gasteiger partial charge in [0.1, 0.15) is 0 Å². The maximum Gasteiger partial charge on any atom is 0.161 e. The van der Waals surface area contributed by atoms with Crippen molar-refractivity contribution in [2.75, 3.05) is 31.3 Å². The zero-order valence-electron chi connectivity index (χ0n) is 12.6. The zero-order valence-corrected chi connectivity index (χ0v) is 13.4. The lowest BCUT2D eigenvalue weighted by atomic mass is 9.84. The Morgan fingerprint density at radius 1 is 1.45 bits per heavy atom. The molecule has 1 aliphatic rings. The molecular weight excluding hydrogens is 272 g/mol. The van der Waals surface area contributed by atoms with Crippen molar-refractivity contribution in [3.05, 3.63) is 12.4 Å². The minimum atomic E-state index is 0.387. The highest BCUT2D eigenvalue weighted by Gasteiger charge is 2.30. The van der Waals surface area contributed by atoms with Gasteiger partial charge in [0.25, 0.3) is 0 Å². The van der Waals surface area contributed by atoms with Gasteiger partial charge in [-0.2, -0.15) is 5.10 Å². The van der Waals surface area contributed by atoms with Crippen molar-refractivity contribution in [2.45, 2.75) is 33.2 Å². The van der Waals surface area contributed by atoms with E-state index in [1.165, 1.54) is 12.8 Å². The number of nitrogens with zero attached hydrogens (tertiary/aromatic N) is 3. The molecule has 0 amide bonds. The second kappa shape index (κ2) is 7.13. The molecule has 1 aliphatic heterocycles. The van der Waals surface area contributed by atoms with E-state index in [4.69, 9.17) is 9.73 Å². The summed E-state index contributed by atoms with van der Waals surface area (Å²) in [5.74, 6) is 1.14. The molecule has 0 saturated heterocycles. The first-order valence-electron chi connectivity index (χ1n) is 7.17. The van der Waals surface area contributed by atoms with E-state index in [0.29, 0.717) is 12.0 Å². The minimum absolute atomic E-state index is 0.387. The SMILES string of the molecule is CCC1(CC)CN=C(Nc2cnn(CCOC)c2)SC1. The fourth-order valence-electron chi connectivity index (χ4n) is 2.16. The number of aliphatic imine (C=N–C) groups is 1. The van der Waals surface area contributed by atoms with Gasteiger partial charge >= 0.3 is 0 Å². The average Bonchev–Trinajstić information content (AvgIpc) is 2.94. The van der Waals surface area contributed by atoms with Crippen molar-refractivity contribution >= 4 is 22.6 Å². The van der Waals surface area contributed by atoms with Crippen LogP contribution in [0.1, 0.15) is 26.7 Å². The maximum atomic E-state index is 5.04. The molecule has 0 radical (unpaired) electrons. The Morgan fingerprint density at radius 3 is 2.85 bits per heavy atom. The topological polar surface area (TPSA) is 51.4 Å². The van der Waals surface area contributed by atoms with Crippen LogP contribution in [0.2, 0.25) is 0 Å². The van der Waals surface area contributed by atoms with E-state index in [-0.39, 0.29) is 0 Å². The van der Waals surface area contributed by atoms with Crippen LogP contribution in [0.3, 0.4) is 0 Å². The lowest BCUT2D eigenvalue weighted by molar-refractivity contribution is 0.183. The third-order valence-electron chi connectivity index (χ3n) is 3.98. The van der Waals surface area contributed by atoms with Crippen molar-refractivity contribution in [3.8, 4) is 0 Å². The van der Waals surface area contributed by atoms with Crippen LogP contribution in [0.25, 0.3) is 0 Å². The highest BCUT2D eigenvalue weighted by atomic mass is 32.2. The summed E-state index contributed by atoms with van der Waals surface area (Å²) in [6, 6.07) is 0. The number of hydrogen-bond donors (Lipinski definition) is 1. The first-order valence-corrected chi connectivity index (χ1v) is 8.15. The molecule has 5 nitrogen and oxygen atoms in total. The Balaban J connectivity index is 1.91. The van der Waals surface area contributed by atoms with Crippen LogP contribution in [0.4, 0.5) is 5.69 Å². The number of amidine groups is 1. The predicted molar refractivity (Wildman–Crippen MR) is 85.5 cm³/mol. The number of ether oxygens (including phenoxy) is 1. The predicted octanol–water partition coefficient (Wildman–Crippen LogP) is 2.85. The van der Waals surface area contributed by atoms with Gasteiger partial charge < -0.3 is 10.1 Å². The van der Waals surface area contributed by atoms with E-state index < -0.39 is 0 Å². The van der Waals surface area contributed by atoms with Gasteiger partial charge in [0.2, 0.25) is 0 Å². The summed E-state index contributed by atoms with van der Waals surface area (Å²) in [7, 11) is 1.70. The molecule has 6 heteroatoms.